The minimum Gasteiger partial charge on any atom is -0.496 e. The molecule has 23 heavy (non-hydrogen) atoms. The Bertz CT molecular complexity index is 598. The molecule has 4 fully saturated rings. The SMILES string of the molecule is COC(=O)c1cc(C[N+]23CN4CN(CN(C4)C2)C3)ccc1OC. The molecule has 7 heteroatoms. The summed E-state index contributed by atoms with van der Waals surface area (Å²) in [5.41, 5.74) is 1.65. The van der Waals surface area contributed by atoms with Crippen LogP contribution in [0, 0.1) is 0 Å². The van der Waals surface area contributed by atoms with Crippen molar-refractivity contribution >= 4 is 5.97 Å². The van der Waals surface area contributed by atoms with E-state index in [4.69, 9.17) is 9.47 Å². The fourth-order valence-electron chi connectivity index (χ4n) is 4.32. The number of nitrogens with zero attached hydrogens (tertiary/aromatic N) is 4. The van der Waals surface area contributed by atoms with Crippen molar-refractivity contribution in [1.82, 2.24) is 14.7 Å². The molecule has 4 aliphatic rings. The van der Waals surface area contributed by atoms with Crippen molar-refractivity contribution in [2.75, 3.05) is 54.2 Å². The lowest BCUT2D eigenvalue weighted by atomic mass is 10.1. The van der Waals surface area contributed by atoms with Gasteiger partial charge in [0, 0.05) is 5.56 Å². The van der Waals surface area contributed by atoms with Crippen LogP contribution in [0.15, 0.2) is 18.2 Å². The maximum absolute atomic E-state index is 12.0. The van der Waals surface area contributed by atoms with Gasteiger partial charge in [0.25, 0.3) is 0 Å². The smallest absolute Gasteiger partial charge is 0.341 e. The second-order valence-corrected chi connectivity index (χ2v) is 6.89. The third-order valence-corrected chi connectivity index (χ3v) is 4.89. The van der Waals surface area contributed by atoms with E-state index >= 15 is 0 Å². The van der Waals surface area contributed by atoms with Gasteiger partial charge in [-0.25, -0.2) is 19.5 Å². The normalized spacial score (nSPS) is 34.4. The van der Waals surface area contributed by atoms with E-state index in [9.17, 15) is 4.79 Å². The average molecular weight is 319 g/mol. The Balaban J connectivity index is 1.60. The zero-order valence-corrected chi connectivity index (χ0v) is 13.7. The average Bonchev–Trinajstić information content (AvgIpc) is 2.52. The summed E-state index contributed by atoms with van der Waals surface area (Å²) in [5, 5.41) is 0. The lowest BCUT2D eigenvalue weighted by molar-refractivity contribution is -0.991. The molecule has 7 nitrogen and oxygen atoms in total. The number of carbonyl (C=O) groups excluding carboxylic acids is 1. The van der Waals surface area contributed by atoms with Crippen LogP contribution in [0.5, 0.6) is 5.75 Å². The molecule has 0 saturated carbocycles. The van der Waals surface area contributed by atoms with Crippen molar-refractivity contribution in [2.45, 2.75) is 6.54 Å². The molecule has 5 rings (SSSR count). The van der Waals surface area contributed by atoms with Gasteiger partial charge in [0.15, 0.2) is 0 Å². The zero-order valence-electron chi connectivity index (χ0n) is 13.7. The first-order chi connectivity index (χ1) is 11.1. The standard InChI is InChI=1S/C16H23N4O3/c1-22-15-4-3-13(5-14(15)16(21)23-2)6-20-10-17-7-18(11-20)9-19(8-17)12-20/h3-5H,6-12H2,1-2H3/q+1. The summed E-state index contributed by atoms with van der Waals surface area (Å²) >= 11 is 0. The summed E-state index contributed by atoms with van der Waals surface area (Å²) < 4.78 is 11.2. The molecule has 0 unspecified atom stereocenters. The van der Waals surface area contributed by atoms with Gasteiger partial charge in [0.05, 0.1) is 34.2 Å². The Labute approximate surface area is 136 Å². The van der Waals surface area contributed by atoms with Gasteiger partial charge in [-0.3, -0.25) is 4.48 Å². The predicted molar refractivity (Wildman–Crippen MR) is 83.0 cm³/mol. The monoisotopic (exact) mass is 319 g/mol. The predicted octanol–water partition coefficient (Wildman–Crippen LogP) is 0.490. The number of ether oxygens (including phenoxy) is 2. The van der Waals surface area contributed by atoms with Crippen LogP contribution in [0.2, 0.25) is 0 Å². The van der Waals surface area contributed by atoms with Gasteiger partial charge in [-0.05, 0) is 18.2 Å². The zero-order chi connectivity index (χ0) is 16.0. The number of benzene rings is 1. The van der Waals surface area contributed by atoms with Gasteiger partial charge >= 0.3 is 5.97 Å². The fourth-order valence-corrected chi connectivity index (χ4v) is 4.32. The number of esters is 1. The molecule has 0 spiro atoms. The maximum atomic E-state index is 12.0. The van der Waals surface area contributed by atoms with Crippen LogP contribution in [0.4, 0.5) is 0 Å². The highest BCUT2D eigenvalue weighted by Gasteiger charge is 2.48. The molecule has 1 aromatic carbocycles. The summed E-state index contributed by atoms with van der Waals surface area (Å²) in [4.78, 5) is 19.4. The first-order valence-electron chi connectivity index (χ1n) is 7.88. The molecule has 4 saturated heterocycles. The summed E-state index contributed by atoms with van der Waals surface area (Å²) in [6, 6.07) is 5.84. The minimum absolute atomic E-state index is 0.349. The van der Waals surface area contributed by atoms with Gasteiger partial charge in [-0.15, -0.1) is 0 Å². The summed E-state index contributed by atoms with van der Waals surface area (Å²) in [5.74, 6) is 0.216. The molecule has 0 amide bonds. The highest BCUT2D eigenvalue weighted by Crippen LogP contribution is 2.31. The quantitative estimate of drug-likeness (QED) is 0.595. The highest BCUT2D eigenvalue weighted by molar-refractivity contribution is 5.92. The van der Waals surface area contributed by atoms with Crippen molar-refractivity contribution in [3.05, 3.63) is 29.3 Å². The van der Waals surface area contributed by atoms with Crippen LogP contribution in [-0.4, -0.2) is 79.4 Å². The molecule has 0 N–H and O–H groups in total. The Morgan fingerprint density at radius 3 is 2.22 bits per heavy atom. The second-order valence-electron chi connectivity index (χ2n) is 6.89. The topological polar surface area (TPSA) is 45.2 Å². The Hall–Kier alpha value is -1.67. The molecule has 4 bridgehead atoms. The third-order valence-electron chi connectivity index (χ3n) is 4.89. The van der Waals surface area contributed by atoms with Gasteiger partial charge < -0.3 is 9.47 Å². The van der Waals surface area contributed by atoms with E-state index < -0.39 is 0 Å². The van der Waals surface area contributed by atoms with E-state index in [1.165, 1.54) is 7.11 Å². The Morgan fingerprint density at radius 2 is 1.70 bits per heavy atom. The first-order valence-corrected chi connectivity index (χ1v) is 7.88. The molecular weight excluding hydrogens is 296 g/mol. The van der Waals surface area contributed by atoms with E-state index in [0.29, 0.717) is 11.3 Å². The molecule has 0 aromatic heterocycles. The summed E-state index contributed by atoms with van der Waals surface area (Å²) in [6.45, 7) is 7.37. The van der Waals surface area contributed by atoms with Crippen molar-refractivity contribution in [1.29, 1.82) is 0 Å². The van der Waals surface area contributed by atoms with Crippen LogP contribution in [0.25, 0.3) is 0 Å². The molecule has 124 valence electrons. The molecule has 4 heterocycles. The van der Waals surface area contributed by atoms with E-state index in [-0.39, 0.29) is 5.97 Å². The van der Waals surface area contributed by atoms with Crippen LogP contribution < -0.4 is 4.74 Å². The third kappa shape index (κ3) is 2.59. The van der Waals surface area contributed by atoms with E-state index in [0.717, 1.165) is 56.6 Å². The lowest BCUT2D eigenvalue weighted by Gasteiger charge is -2.60. The van der Waals surface area contributed by atoms with Crippen LogP contribution >= 0.6 is 0 Å². The number of hydrogen-bond acceptors (Lipinski definition) is 6. The molecule has 1 aromatic rings. The van der Waals surface area contributed by atoms with Crippen LogP contribution in [0.3, 0.4) is 0 Å². The van der Waals surface area contributed by atoms with Gasteiger partial charge in [-0.2, -0.15) is 0 Å². The number of rotatable bonds is 4. The molecule has 0 atom stereocenters. The molecular formula is C16H23N4O3+. The lowest BCUT2D eigenvalue weighted by Crippen LogP contribution is -2.78. The highest BCUT2D eigenvalue weighted by atomic mass is 16.5. The molecule has 0 radical (unpaired) electrons. The van der Waals surface area contributed by atoms with Crippen molar-refractivity contribution in [2.24, 2.45) is 0 Å². The fraction of sp³-hybridized carbons (Fsp3) is 0.562. The largest absolute Gasteiger partial charge is 0.496 e. The van der Waals surface area contributed by atoms with E-state index in [2.05, 4.69) is 20.8 Å². The number of methoxy groups -OCH3 is 2. The molecule has 4 aliphatic heterocycles. The summed E-state index contributed by atoms with van der Waals surface area (Å²) in [6.07, 6.45) is 0. The van der Waals surface area contributed by atoms with Crippen LogP contribution in [0.1, 0.15) is 15.9 Å². The van der Waals surface area contributed by atoms with Crippen molar-refractivity contribution in [3.63, 3.8) is 0 Å². The van der Waals surface area contributed by atoms with E-state index in [1.54, 1.807) is 7.11 Å². The minimum atomic E-state index is -0.349. The first kappa shape index (κ1) is 14.9. The second kappa shape index (κ2) is 5.45. The molecule has 0 aliphatic carbocycles. The van der Waals surface area contributed by atoms with Gasteiger partial charge in [0.2, 0.25) is 0 Å². The van der Waals surface area contributed by atoms with Gasteiger partial charge in [0.1, 0.15) is 37.9 Å². The van der Waals surface area contributed by atoms with E-state index in [1.807, 2.05) is 12.1 Å². The Kier molecular flexibility index (Phi) is 3.53. The number of hydrogen-bond donors (Lipinski definition) is 0. The van der Waals surface area contributed by atoms with Crippen molar-refractivity contribution < 1.29 is 18.8 Å². The van der Waals surface area contributed by atoms with Crippen molar-refractivity contribution in [3.8, 4) is 5.75 Å². The van der Waals surface area contributed by atoms with Crippen LogP contribution in [-0.2, 0) is 11.3 Å². The number of quaternary nitrogens is 1. The number of carbonyl (C=O) groups is 1. The summed E-state index contributed by atoms with van der Waals surface area (Å²) in [7, 11) is 2.97. The maximum Gasteiger partial charge on any atom is 0.341 e. The van der Waals surface area contributed by atoms with Gasteiger partial charge in [-0.1, -0.05) is 0 Å². The Morgan fingerprint density at radius 1 is 1.09 bits per heavy atom.